The minimum absolute atomic E-state index is 0.187. The van der Waals surface area contributed by atoms with Gasteiger partial charge in [-0.3, -0.25) is 0 Å². The summed E-state index contributed by atoms with van der Waals surface area (Å²) >= 11 is 0. The van der Waals surface area contributed by atoms with E-state index in [4.69, 9.17) is 4.74 Å². The predicted octanol–water partition coefficient (Wildman–Crippen LogP) is 1.98. The summed E-state index contributed by atoms with van der Waals surface area (Å²) in [5.41, 5.74) is 2.34. The van der Waals surface area contributed by atoms with Gasteiger partial charge in [0.2, 0.25) is 0 Å². The number of hydrogen-bond donors (Lipinski definition) is 1. The molecular formula is C14H20N4O. The molecule has 0 aliphatic carbocycles. The summed E-state index contributed by atoms with van der Waals surface area (Å²) in [5, 5.41) is 11.4. The van der Waals surface area contributed by atoms with Gasteiger partial charge in [-0.1, -0.05) is 12.1 Å². The molecule has 0 spiro atoms. The first-order valence-electron chi connectivity index (χ1n) is 6.32. The number of aromatic nitrogens is 3. The summed E-state index contributed by atoms with van der Waals surface area (Å²) in [5.74, 6) is 1.83. The third-order valence-electron chi connectivity index (χ3n) is 3.23. The fourth-order valence-corrected chi connectivity index (χ4v) is 2.00. The molecule has 0 bridgehead atoms. The summed E-state index contributed by atoms with van der Waals surface area (Å²) in [6.45, 7) is 4.85. The van der Waals surface area contributed by atoms with E-state index in [1.165, 1.54) is 5.56 Å². The van der Waals surface area contributed by atoms with Crippen molar-refractivity contribution in [3.05, 3.63) is 41.5 Å². The van der Waals surface area contributed by atoms with Crippen molar-refractivity contribution in [2.45, 2.75) is 26.4 Å². The van der Waals surface area contributed by atoms with Crippen molar-refractivity contribution in [2.24, 2.45) is 7.05 Å². The first-order valence-corrected chi connectivity index (χ1v) is 6.32. The molecule has 0 aliphatic heterocycles. The molecule has 102 valence electrons. The van der Waals surface area contributed by atoms with Crippen molar-refractivity contribution < 1.29 is 4.74 Å². The van der Waals surface area contributed by atoms with Gasteiger partial charge in [-0.25, -0.2) is 0 Å². The second kappa shape index (κ2) is 5.84. The average Bonchev–Trinajstić information content (AvgIpc) is 2.81. The molecule has 1 heterocycles. The van der Waals surface area contributed by atoms with Crippen LogP contribution in [-0.4, -0.2) is 21.9 Å². The molecule has 1 aromatic carbocycles. The maximum atomic E-state index is 5.43. The van der Waals surface area contributed by atoms with Crippen LogP contribution in [-0.2, 0) is 13.6 Å². The summed E-state index contributed by atoms with van der Waals surface area (Å²) in [4.78, 5) is 0. The van der Waals surface area contributed by atoms with Gasteiger partial charge >= 0.3 is 0 Å². The van der Waals surface area contributed by atoms with Gasteiger partial charge < -0.3 is 14.6 Å². The second-order valence-electron chi connectivity index (χ2n) is 4.71. The fraction of sp³-hybridized carbons (Fsp3) is 0.429. The third kappa shape index (κ3) is 3.12. The highest BCUT2D eigenvalue weighted by molar-refractivity contribution is 5.39. The van der Waals surface area contributed by atoms with E-state index in [1.807, 2.05) is 11.6 Å². The molecule has 1 atom stereocenters. The highest BCUT2D eigenvalue weighted by Crippen LogP contribution is 2.26. The number of benzene rings is 1. The quantitative estimate of drug-likeness (QED) is 0.893. The normalized spacial score (nSPS) is 12.4. The minimum atomic E-state index is 0.187. The predicted molar refractivity (Wildman–Crippen MR) is 74.0 cm³/mol. The van der Waals surface area contributed by atoms with Crippen molar-refractivity contribution in [3.8, 4) is 5.75 Å². The number of hydrogen-bond acceptors (Lipinski definition) is 4. The lowest BCUT2D eigenvalue weighted by atomic mass is 10.0. The average molecular weight is 260 g/mol. The lowest BCUT2D eigenvalue weighted by Crippen LogP contribution is -2.20. The molecule has 1 N–H and O–H groups in total. The van der Waals surface area contributed by atoms with Gasteiger partial charge in [0.1, 0.15) is 17.9 Å². The van der Waals surface area contributed by atoms with Crippen molar-refractivity contribution in [1.29, 1.82) is 0 Å². The van der Waals surface area contributed by atoms with Gasteiger partial charge in [0.05, 0.1) is 13.7 Å². The zero-order chi connectivity index (χ0) is 13.8. The van der Waals surface area contributed by atoms with Gasteiger partial charge in [-0.15, -0.1) is 10.2 Å². The van der Waals surface area contributed by atoms with Crippen LogP contribution < -0.4 is 10.1 Å². The summed E-state index contributed by atoms with van der Waals surface area (Å²) < 4.78 is 7.34. The van der Waals surface area contributed by atoms with Crippen LogP contribution >= 0.6 is 0 Å². The van der Waals surface area contributed by atoms with E-state index >= 15 is 0 Å². The SMILES string of the molecule is COc1cc(C)ccc1C(C)NCc1nncn1C. The van der Waals surface area contributed by atoms with Crippen molar-refractivity contribution in [3.63, 3.8) is 0 Å². The van der Waals surface area contributed by atoms with Crippen LogP contribution in [0.1, 0.15) is 29.9 Å². The van der Waals surface area contributed by atoms with Gasteiger partial charge in [0, 0.05) is 18.7 Å². The first-order chi connectivity index (χ1) is 9.11. The van der Waals surface area contributed by atoms with E-state index in [0.717, 1.165) is 17.1 Å². The van der Waals surface area contributed by atoms with E-state index in [2.05, 4.69) is 47.6 Å². The molecule has 2 rings (SSSR count). The molecule has 1 unspecified atom stereocenters. The zero-order valence-electron chi connectivity index (χ0n) is 11.8. The number of methoxy groups -OCH3 is 1. The van der Waals surface area contributed by atoms with Gasteiger partial charge in [0.15, 0.2) is 0 Å². The van der Waals surface area contributed by atoms with E-state index in [1.54, 1.807) is 13.4 Å². The van der Waals surface area contributed by atoms with E-state index < -0.39 is 0 Å². The summed E-state index contributed by atoms with van der Waals surface area (Å²) in [6.07, 6.45) is 1.70. The van der Waals surface area contributed by atoms with E-state index in [9.17, 15) is 0 Å². The molecule has 19 heavy (non-hydrogen) atoms. The van der Waals surface area contributed by atoms with Crippen LogP contribution in [0.4, 0.5) is 0 Å². The molecule has 1 aromatic heterocycles. The Hall–Kier alpha value is -1.88. The van der Waals surface area contributed by atoms with Crippen molar-refractivity contribution in [2.75, 3.05) is 7.11 Å². The largest absolute Gasteiger partial charge is 0.496 e. The van der Waals surface area contributed by atoms with Crippen LogP contribution in [0.5, 0.6) is 5.75 Å². The number of nitrogens with one attached hydrogen (secondary N) is 1. The number of nitrogens with zero attached hydrogens (tertiary/aromatic N) is 3. The van der Waals surface area contributed by atoms with Crippen LogP contribution in [0.25, 0.3) is 0 Å². The minimum Gasteiger partial charge on any atom is -0.496 e. The van der Waals surface area contributed by atoms with Crippen molar-refractivity contribution >= 4 is 0 Å². The third-order valence-corrected chi connectivity index (χ3v) is 3.23. The summed E-state index contributed by atoms with van der Waals surface area (Å²) in [6, 6.07) is 6.43. The smallest absolute Gasteiger partial charge is 0.146 e. The highest BCUT2D eigenvalue weighted by atomic mass is 16.5. The van der Waals surface area contributed by atoms with Crippen LogP contribution in [0.3, 0.4) is 0 Å². The Balaban J connectivity index is 2.07. The second-order valence-corrected chi connectivity index (χ2v) is 4.71. The Morgan fingerprint density at radius 1 is 1.42 bits per heavy atom. The Morgan fingerprint density at radius 2 is 2.21 bits per heavy atom. The van der Waals surface area contributed by atoms with E-state index in [-0.39, 0.29) is 6.04 Å². The molecule has 0 fully saturated rings. The standard InChI is InChI=1S/C14H20N4O/c1-10-5-6-12(13(7-10)19-4)11(2)15-8-14-17-16-9-18(14)3/h5-7,9,11,15H,8H2,1-4H3. The first kappa shape index (κ1) is 13.5. The molecule has 0 saturated heterocycles. The van der Waals surface area contributed by atoms with Gasteiger partial charge in [0.25, 0.3) is 0 Å². The van der Waals surface area contributed by atoms with Gasteiger partial charge in [-0.05, 0) is 25.5 Å². The number of ether oxygens (including phenoxy) is 1. The Labute approximate surface area is 113 Å². The van der Waals surface area contributed by atoms with Gasteiger partial charge in [-0.2, -0.15) is 0 Å². The Kier molecular flexibility index (Phi) is 4.16. The van der Waals surface area contributed by atoms with Crippen LogP contribution in [0.15, 0.2) is 24.5 Å². The zero-order valence-corrected chi connectivity index (χ0v) is 11.8. The lowest BCUT2D eigenvalue weighted by molar-refractivity contribution is 0.400. The van der Waals surface area contributed by atoms with E-state index in [0.29, 0.717) is 6.54 Å². The Morgan fingerprint density at radius 3 is 2.84 bits per heavy atom. The topological polar surface area (TPSA) is 52.0 Å². The lowest BCUT2D eigenvalue weighted by Gasteiger charge is -2.17. The molecule has 5 heteroatoms. The highest BCUT2D eigenvalue weighted by Gasteiger charge is 2.12. The molecule has 0 saturated carbocycles. The fourth-order valence-electron chi connectivity index (χ4n) is 2.00. The van der Waals surface area contributed by atoms with Crippen LogP contribution in [0, 0.1) is 6.92 Å². The number of aryl methyl sites for hydroxylation is 2. The molecule has 2 aromatic rings. The molecule has 0 radical (unpaired) electrons. The Bertz CT molecular complexity index is 550. The molecule has 0 aliphatic rings. The maximum absolute atomic E-state index is 5.43. The van der Waals surface area contributed by atoms with Crippen LogP contribution in [0.2, 0.25) is 0 Å². The maximum Gasteiger partial charge on any atom is 0.146 e. The number of rotatable bonds is 5. The molecule has 5 nitrogen and oxygen atoms in total. The molecule has 0 amide bonds. The summed E-state index contributed by atoms with van der Waals surface area (Å²) in [7, 11) is 3.64. The van der Waals surface area contributed by atoms with Crippen molar-refractivity contribution in [1.82, 2.24) is 20.1 Å². The monoisotopic (exact) mass is 260 g/mol. The molecular weight excluding hydrogens is 240 g/mol.